The number of rotatable bonds is 6. The highest BCUT2D eigenvalue weighted by atomic mass is 16.2. The Balaban J connectivity index is 1.49. The van der Waals surface area contributed by atoms with Gasteiger partial charge in [-0.05, 0) is 30.9 Å². The van der Waals surface area contributed by atoms with Crippen LogP contribution in [0.2, 0.25) is 0 Å². The van der Waals surface area contributed by atoms with Crippen LogP contribution in [0.4, 0.5) is 5.69 Å². The summed E-state index contributed by atoms with van der Waals surface area (Å²) in [6, 6.07) is 7.98. The summed E-state index contributed by atoms with van der Waals surface area (Å²) in [5, 5.41) is 5.59. The molecule has 6 heteroatoms. The van der Waals surface area contributed by atoms with Crippen LogP contribution in [-0.4, -0.2) is 36.9 Å². The average molecular weight is 315 g/mol. The summed E-state index contributed by atoms with van der Waals surface area (Å²) in [6.07, 6.45) is 3.51. The highest BCUT2D eigenvalue weighted by Crippen LogP contribution is 2.27. The van der Waals surface area contributed by atoms with Crippen molar-refractivity contribution < 1.29 is 14.4 Å². The molecule has 6 nitrogen and oxygen atoms in total. The molecule has 0 atom stereocenters. The molecule has 1 heterocycles. The number of hydrogen-bond acceptors (Lipinski definition) is 3. The van der Waals surface area contributed by atoms with Crippen molar-refractivity contribution in [1.29, 1.82) is 0 Å². The fourth-order valence-electron chi connectivity index (χ4n) is 2.71. The maximum atomic E-state index is 12.1. The minimum absolute atomic E-state index is 0.0000900. The van der Waals surface area contributed by atoms with Gasteiger partial charge in [0.25, 0.3) is 0 Å². The fraction of sp³-hybridized carbons (Fsp3) is 0.471. The van der Waals surface area contributed by atoms with Crippen LogP contribution in [0.3, 0.4) is 0 Å². The molecule has 1 aliphatic heterocycles. The molecular formula is C17H21N3O3. The molecule has 3 amide bonds. The lowest BCUT2D eigenvalue weighted by Crippen LogP contribution is -2.43. The second-order valence-corrected chi connectivity index (χ2v) is 6.05. The van der Waals surface area contributed by atoms with E-state index in [9.17, 15) is 14.4 Å². The number of amides is 3. The molecule has 0 aromatic heterocycles. The van der Waals surface area contributed by atoms with Crippen LogP contribution in [0.1, 0.15) is 31.2 Å². The van der Waals surface area contributed by atoms with Gasteiger partial charge in [-0.25, -0.2) is 0 Å². The highest BCUT2D eigenvalue weighted by molar-refractivity contribution is 6.01. The third-order valence-corrected chi connectivity index (χ3v) is 4.11. The van der Waals surface area contributed by atoms with Crippen LogP contribution >= 0.6 is 0 Å². The Bertz CT molecular complexity index is 625. The molecule has 0 unspecified atom stereocenters. The van der Waals surface area contributed by atoms with Crippen LogP contribution in [0, 0.1) is 0 Å². The molecule has 23 heavy (non-hydrogen) atoms. The summed E-state index contributed by atoms with van der Waals surface area (Å²) in [6.45, 7) is 0.293. The van der Waals surface area contributed by atoms with Crippen LogP contribution < -0.4 is 15.5 Å². The standard InChI is InChI=1S/C17H21N3O3/c21-15(19-13-6-7-13)9-10-18-16(22)11-20-14-4-2-1-3-12(14)5-8-17(20)23/h1-4,13H,5-11H2,(H,18,22)(H,19,21). The number of hydrogen-bond donors (Lipinski definition) is 2. The van der Waals surface area contributed by atoms with E-state index in [2.05, 4.69) is 10.6 Å². The van der Waals surface area contributed by atoms with Crippen molar-refractivity contribution in [3.05, 3.63) is 29.8 Å². The lowest BCUT2D eigenvalue weighted by atomic mass is 10.0. The molecule has 1 aliphatic carbocycles. The molecule has 0 radical (unpaired) electrons. The van der Waals surface area contributed by atoms with Crippen molar-refractivity contribution in [3.63, 3.8) is 0 Å². The molecule has 0 bridgehead atoms. The number of para-hydroxylation sites is 1. The van der Waals surface area contributed by atoms with E-state index >= 15 is 0 Å². The first kappa shape index (κ1) is 15.5. The monoisotopic (exact) mass is 315 g/mol. The number of nitrogens with zero attached hydrogens (tertiary/aromatic N) is 1. The highest BCUT2D eigenvalue weighted by Gasteiger charge is 2.26. The molecule has 1 saturated carbocycles. The number of carbonyl (C=O) groups is 3. The lowest BCUT2D eigenvalue weighted by molar-refractivity contribution is -0.124. The molecule has 1 aromatic rings. The summed E-state index contributed by atoms with van der Waals surface area (Å²) in [7, 11) is 0. The first-order chi connectivity index (χ1) is 11.1. The van der Waals surface area contributed by atoms with Crippen LogP contribution in [0.15, 0.2) is 24.3 Å². The number of nitrogens with one attached hydrogen (secondary N) is 2. The Hall–Kier alpha value is -2.37. The van der Waals surface area contributed by atoms with Crippen molar-refractivity contribution in [2.45, 2.75) is 38.1 Å². The van der Waals surface area contributed by atoms with Gasteiger partial charge < -0.3 is 15.5 Å². The zero-order valence-electron chi connectivity index (χ0n) is 13.0. The van der Waals surface area contributed by atoms with E-state index in [0.29, 0.717) is 25.4 Å². The predicted molar refractivity (Wildman–Crippen MR) is 85.9 cm³/mol. The Kier molecular flexibility index (Phi) is 4.60. The van der Waals surface area contributed by atoms with E-state index in [1.807, 2.05) is 24.3 Å². The molecular weight excluding hydrogens is 294 g/mol. The van der Waals surface area contributed by atoms with Crippen molar-refractivity contribution >= 4 is 23.4 Å². The Labute approximate surface area is 135 Å². The largest absolute Gasteiger partial charge is 0.354 e. The second kappa shape index (κ2) is 6.81. The maximum absolute atomic E-state index is 12.1. The summed E-state index contributed by atoms with van der Waals surface area (Å²) < 4.78 is 0. The summed E-state index contributed by atoms with van der Waals surface area (Å²) in [5.74, 6) is -0.313. The van der Waals surface area contributed by atoms with E-state index in [0.717, 1.165) is 24.1 Å². The zero-order chi connectivity index (χ0) is 16.2. The van der Waals surface area contributed by atoms with Gasteiger partial charge in [0.15, 0.2) is 0 Å². The van der Waals surface area contributed by atoms with E-state index in [-0.39, 0.29) is 30.7 Å². The molecule has 0 spiro atoms. The number of anilines is 1. The first-order valence-corrected chi connectivity index (χ1v) is 8.08. The van der Waals surface area contributed by atoms with Crippen LogP contribution in [-0.2, 0) is 20.8 Å². The quantitative estimate of drug-likeness (QED) is 0.813. The van der Waals surface area contributed by atoms with E-state index in [1.54, 1.807) is 0 Å². The molecule has 0 saturated heterocycles. The van der Waals surface area contributed by atoms with Gasteiger partial charge in [0, 0.05) is 31.1 Å². The van der Waals surface area contributed by atoms with Gasteiger partial charge in [-0.1, -0.05) is 18.2 Å². The first-order valence-electron chi connectivity index (χ1n) is 8.08. The lowest BCUT2D eigenvalue weighted by Gasteiger charge is -2.28. The third-order valence-electron chi connectivity index (χ3n) is 4.11. The van der Waals surface area contributed by atoms with Crippen molar-refractivity contribution in [1.82, 2.24) is 10.6 Å². The van der Waals surface area contributed by atoms with Gasteiger partial charge in [0.2, 0.25) is 17.7 Å². The Morgan fingerprint density at radius 3 is 2.70 bits per heavy atom. The molecule has 1 aromatic carbocycles. The Morgan fingerprint density at radius 1 is 1.13 bits per heavy atom. The third kappa shape index (κ3) is 4.09. The van der Waals surface area contributed by atoms with E-state index in [4.69, 9.17) is 0 Å². The van der Waals surface area contributed by atoms with Crippen molar-refractivity contribution in [2.24, 2.45) is 0 Å². The van der Waals surface area contributed by atoms with Gasteiger partial charge in [-0.3, -0.25) is 14.4 Å². The summed E-state index contributed by atoms with van der Waals surface area (Å²) in [4.78, 5) is 37.2. The van der Waals surface area contributed by atoms with Gasteiger partial charge in [0.05, 0.1) is 0 Å². The smallest absolute Gasteiger partial charge is 0.240 e. The Morgan fingerprint density at radius 2 is 1.91 bits per heavy atom. The summed E-state index contributed by atoms with van der Waals surface area (Å²) >= 11 is 0. The van der Waals surface area contributed by atoms with Gasteiger partial charge in [-0.2, -0.15) is 0 Å². The minimum Gasteiger partial charge on any atom is -0.354 e. The maximum Gasteiger partial charge on any atom is 0.240 e. The SMILES string of the molecule is O=C(CN1C(=O)CCc2ccccc21)NCCC(=O)NC1CC1. The molecule has 3 rings (SSSR count). The topological polar surface area (TPSA) is 78.5 Å². The number of aryl methyl sites for hydroxylation is 1. The van der Waals surface area contributed by atoms with Gasteiger partial charge in [-0.15, -0.1) is 0 Å². The molecule has 2 N–H and O–H groups in total. The summed E-state index contributed by atoms with van der Waals surface area (Å²) in [5.41, 5.74) is 1.90. The molecule has 122 valence electrons. The molecule has 2 aliphatic rings. The second-order valence-electron chi connectivity index (χ2n) is 6.05. The number of fused-ring (bicyclic) bond motifs is 1. The normalized spacial score (nSPS) is 16.7. The average Bonchev–Trinajstić information content (AvgIpc) is 3.34. The van der Waals surface area contributed by atoms with Gasteiger partial charge >= 0.3 is 0 Å². The van der Waals surface area contributed by atoms with Gasteiger partial charge in [0.1, 0.15) is 6.54 Å². The zero-order valence-corrected chi connectivity index (χ0v) is 13.0. The van der Waals surface area contributed by atoms with Crippen molar-refractivity contribution in [2.75, 3.05) is 18.0 Å². The predicted octanol–water partition coefficient (Wildman–Crippen LogP) is 0.751. The minimum atomic E-state index is -0.241. The van der Waals surface area contributed by atoms with Crippen molar-refractivity contribution in [3.8, 4) is 0 Å². The number of benzene rings is 1. The molecule has 1 fully saturated rings. The fourth-order valence-corrected chi connectivity index (χ4v) is 2.71. The number of carbonyl (C=O) groups excluding carboxylic acids is 3. The van der Waals surface area contributed by atoms with E-state index < -0.39 is 0 Å². The van der Waals surface area contributed by atoms with Crippen LogP contribution in [0.25, 0.3) is 0 Å². The van der Waals surface area contributed by atoms with E-state index in [1.165, 1.54) is 4.90 Å². The van der Waals surface area contributed by atoms with Crippen LogP contribution in [0.5, 0.6) is 0 Å².